The normalized spacial score (nSPS) is 17.3. The fraction of sp³-hybridized carbons (Fsp3) is 0.700. The van der Waals surface area contributed by atoms with Gasteiger partial charge in [-0.3, -0.25) is 4.21 Å². The second kappa shape index (κ2) is 6.35. The van der Waals surface area contributed by atoms with Crippen LogP contribution in [-0.2, 0) is 10.8 Å². The van der Waals surface area contributed by atoms with Crippen molar-refractivity contribution in [3.63, 3.8) is 0 Å². The fourth-order valence-electron chi connectivity index (χ4n) is 1.37. The van der Waals surface area contributed by atoms with Gasteiger partial charge in [0.15, 0.2) is 0 Å². The van der Waals surface area contributed by atoms with E-state index in [-0.39, 0.29) is 6.04 Å². The molecule has 15 heavy (non-hydrogen) atoms. The zero-order valence-corrected chi connectivity index (χ0v) is 11.0. The smallest absolute Gasteiger partial charge is 0.0795 e. The summed E-state index contributed by atoms with van der Waals surface area (Å²) in [6.45, 7) is 4.23. The van der Waals surface area contributed by atoms with Crippen molar-refractivity contribution in [3.05, 3.63) is 16.6 Å². The Kier molecular flexibility index (Phi) is 5.42. The van der Waals surface area contributed by atoms with Crippen LogP contribution >= 0.6 is 11.3 Å². The number of rotatable bonds is 6. The first-order valence-electron chi connectivity index (χ1n) is 5.03. The van der Waals surface area contributed by atoms with Gasteiger partial charge in [0.05, 0.1) is 11.2 Å². The number of aromatic nitrogens is 1. The summed E-state index contributed by atoms with van der Waals surface area (Å²) >= 11 is 1.61. The number of nitrogens with one attached hydrogen (secondary N) is 1. The highest BCUT2D eigenvalue weighted by atomic mass is 32.2. The van der Waals surface area contributed by atoms with Crippen LogP contribution in [0.3, 0.4) is 0 Å². The number of nitrogens with zero attached hydrogens (tertiary/aromatic N) is 1. The summed E-state index contributed by atoms with van der Waals surface area (Å²) in [4.78, 5) is 4.26. The Morgan fingerprint density at radius 3 is 2.87 bits per heavy atom. The van der Waals surface area contributed by atoms with Crippen LogP contribution in [0.15, 0.2) is 10.9 Å². The molecule has 5 heteroatoms. The second-order valence-electron chi connectivity index (χ2n) is 3.77. The summed E-state index contributed by atoms with van der Waals surface area (Å²) in [5, 5.41) is 5.51. The lowest BCUT2D eigenvalue weighted by molar-refractivity contribution is 0.465. The molecule has 0 radical (unpaired) electrons. The lowest BCUT2D eigenvalue weighted by Gasteiger charge is -2.18. The average molecular weight is 246 g/mol. The van der Waals surface area contributed by atoms with Crippen LogP contribution < -0.4 is 5.32 Å². The van der Waals surface area contributed by atoms with Gasteiger partial charge in [-0.25, -0.2) is 4.98 Å². The number of thiazole rings is 1. The summed E-state index contributed by atoms with van der Waals surface area (Å²) < 4.78 is 10.9. The Balaban J connectivity index is 2.31. The van der Waals surface area contributed by atoms with Crippen LogP contribution in [0.25, 0.3) is 0 Å². The highest BCUT2D eigenvalue weighted by Gasteiger charge is 2.10. The highest BCUT2D eigenvalue weighted by molar-refractivity contribution is 7.84. The van der Waals surface area contributed by atoms with Crippen molar-refractivity contribution in [2.75, 3.05) is 12.0 Å². The maximum Gasteiger partial charge on any atom is 0.0795 e. The lowest BCUT2D eigenvalue weighted by Crippen LogP contribution is -2.30. The molecule has 1 N–H and O–H groups in total. The molecule has 3 nitrogen and oxygen atoms in total. The molecular formula is C10H18N2OS2. The molecule has 1 aromatic rings. The van der Waals surface area contributed by atoms with Gasteiger partial charge >= 0.3 is 0 Å². The summed E-state index contributed by atoms with van der Waals surface area (Å²) in [6, 6.07) is 0.655. The van der Waals surface area contributed by atoms with Crippen LogP contribution in [0.2, 0.25) is 0 Å². The minimum atomic E-state index is -0.691. The quantitative estimate of drug-likeness (QED) is 0.834. The predicted octanol–water partition coefficient (Wildman–Crippen LogP) is 1.95. The predicted molar refractivity (Wildman–Crippen MR) is 66.7 cm³/mol. The largest absolute Gasteiger partial charge is 0.306 e. The van der Waals surface area contributed by atoms with Crippen LogP contribution in [0.5, 0.6) is 0 Å². The lowest BCUT2D eigenvalue weighted by atomic mass is 10.2. The van der Waals surface area contributed by atoms with Gasteiger partial charge < -0.3 is 5.32 Å². The van der Waals surface area contributed by atoms with Gasteiger partial charge in [0.1, 0.15) is 0 Å². The van der Waals surface area contributed by atoms with E-state index in [1.807, 2.05) is 5.51 Å². The van der Waals surface area contributed by atoms with Gasteiger partial charge in [0.25, 0.3) is 0 Å². The van der Waals surface area contributed by atoms with E-state index in [0.29, 0.717) is 6.04 Å². The third-order valence-corrected chi connectivity index (χ3v) is 3.68. The summed E-state index contributed by atoms with van der Waals surface area (Å²) in [6.07, 6.45) is 2.69. The van der Waals surface area contributed by atoms with Gasteiger partial charge in [-0.05, 0) is 20.3 Å². The van der Waals surface area contributed by atoms with Crippen LogP contribution in [0.4, 0.5) is 0 Å². The Morgan fingerprint density at radius 1 is 1.60 bits per heavy atom. The van der Waals surface area contributed by atoms with E-state index in [4.69, 9.17) is 0 Å². The standard InChI is InChI=1S/C10H18N2OS2/c1-8(4-5-15(3)13)12-9(2)10-6-14-7-11-10/h6-9,12H,4-5H2,1-3H3. The molecule has 0 aromatic carbocycles. The average Bonchev–Trinajstić information content (AvgIpc) is 2.67. The van der Waals surface area contributed by atoms with Crippen molar-refractivity contribution in [1.29, 1.82) is 0 Å². The third-order valence-electron chi connectivity index (χ3n) is 2.27. The first-order valence-corrected chi connectivity index (χ1v) is 7.70. The Bertz CT molecular complexity index is 300. The summed E-state index contributed by atoms with van der Waals surface area (Å²) in [5.41, 5.74) is 2.93. The topological polar surface area (TPSA) is 42.0 Å². The van der Waals surface area contributed by atoms with Crippen molar-refractivity contribution in [1.82, 2.24) is 10.3 Å². The summed E-state index contributed by atoms with van der Waals surface area (Å²) in [7, 11) is -0.691. The molecule has 0 saturated heterocycles. The van der Waals surface area contributed by atoms with E-state index in [0.717, 1.165) is 17.9 Å². The number of hydrogen-bond acceptors (Lipinski definition) is 4. The van der Waals surface area contributed by atoms with Gasteiger partial charge in [0.2, 0.25) is 0 Å². The van der Waals surface area contributed by atoms with E-state index in [1.165, 1.54) is 0 Å². The van der Waals surface area contributed by atoms with Gasteiger partial charge in [-0.15, -0.1) is 11.3 Å². The van der Waals surface area contributed by atoms with E-state index in [2.05, 4.69) is 29.5 Å². The Labute approximate surface area is 97.8 Å². The van der Waals surface area contributed by atoms with Crippen molar-refractivity contribution in [2.24, 2.45) is 0 Å². The molecule has 0 amide bonds. The maximum absolute atomic E-state index is 10.9. The molecular weight excluding hydrogens is 228 g/mol. The molecule has 0 aliphatic carbocycles. The van der Waals surface area contributed by atoms with Crippen LogP contribution in [0.1, 0.15) is 32.0 Å². The van der Waals surface area contributed by atoms with Crippen molar-refractivity contribution >= 4 is 22.1 Å². The first-order chi connectivity index (χ1) is 7.09. The monoisotopic (exact) mass is 246 g/mol. The third kappa shape index (κ3) is 4.86. The molecule has 3 atom stereocenters. The maximum atomic E-state index is 10.9. The van der Waals surface area contributed by atoms with Gasteiger partial charge in [0, 0.05) is 40.3 Å². The zero-order chi connectivity index (χ0) is 11.3. The van der Waals surface area contributed by atoms with Crippen LogP contribution in [0, 0.1) is 0 Å². The molecule has 1 aromatic heterocycles. The van der Waals surface area contributed by atoms with Gasteiger partial charge in [-0.2, -0.15) is 0 Å². The molecule has 3 unspecified atom stereocenters. The molecule has 0 aliphatic rings. The van der Waals surface area contributed by atoms with Crippen LogP contribution in [-0.4, -0.2) is 27.2 Å². The van der Waals surface area contributed by atoms with Crippen molar-refractivity contribution in [2.45, 2.75) is 32.4 Å². The Hall–Kier alpha value is -0.260. The van der Waals surface area contributed by atoms with E-state index in [1.54, 1.807) is 17.6 Å². The number of hydrogen-bond donors (Lipinski definition) is 1. The SMILES string of the molecule is CC(CCS(C)=O)NC(C)c1cscn1. The van der Waals surface area contributed by atoms with E-state index in [9.17, 15) is 4.21 Å². The van der Waals surface area contributed by atoms with E-state index < -0.39 is 10.8 Å². The minimum Gasteiger partial charge on any atom is -0.306 e. The second-order valence-corrected chi connectivity index (χ2v) is 6.04. The highest BCUT2D eigenvalue weighted by Crippen LogP contribution is 2.13. The molecule has 0 saturated carbocycles. The van der Waals surface area contributed by atoms with Gasteiger partial charge in [-0.1, -0.05) is 0 Å². The summed E-state index contributed by atoms with van der Waals surface area (Å²) in [5.74, 6) is 0.762. The van der Waals surface area contributed by atoms with Crippen molar-refractivity contribution in [3.8, 4) is 0 Å². The molecule has 1 heterocycles. The molecule has 0 bridgehead atoms. The fourth-order valence-corrected chi connectivity index (χ4v) is 2.71. The molecule has 0 aliphatic heterocycles. The minimum absolute atomic E-state index is 0.275. The van der Waals surface area contributed by atoms with Crippen molar-refractivity contribution < 1.29 is 4.21 Å². The Morgan fingerprint density at radius 2 is 2.33 bits per heavy atom. The first kappa shape index (κ1) is 12.8. The molecule has 86 valence electrons. The molecule has 0 spiro atoms. The molecule has 1 rings (SSSR count). The molecule has 0 fully saturated rings. The zero-order valence-electron chi connectivity index (χ0n) is 9.40. The van der Waals surface area contributed by atoms with E-state index >= 15 is 0 Å².